The number of carboxylic acid groups (broad SMARTS) is 1. The first kappa shape index (κ1) is 16.5. The molecule has 0 radical (unpaired) electrons. The minimum atomic E-state index is -2.92. The van der Waals surface area contributed by atoms with Crippen LogP contribution in [0.4, 0.5) is 0 Å². The molecule has 19 heavy (non-hydrogen) atoms. The minimum absolute atomic E-state index is 0.156. The summed E-state index contributed by atoms with van der Waals surface area (Å²) >= 11 is 0. The number of sulfone groups is 1. The maximum Gasteiger partial charge on any atom is 0.306 e. The highest BCUT2D eigenvalue weighted by atomic mass is 32.2. The van der Waals surface area contributed by atoms with Crippen molar-refractivity contribution >= 4 is 15.8 Å². The lowest BCUT2D eigenvalue weighted by Crippen LogP contribution is -2.31. The van der Waals surface area contributed by atoms with Gasteiger partial charge in [-0.05, 0) is 43.9 Å². The van der Waals surface area contributed by atoms with Gasteiger partial charge in [0.05, 0.1) is 11.7 Å². The van der Waals surface area contributed by atoms with E-state index in [1.165, 1.54) is 0 Å². The first-order valence-electron chi connectivity index (χ1n) is 7.32. The van der Waals surface area contributed by atoms with Crippen LogP contribution in [0.2, 0.25) is 0 Å². The molecule has 1 aliphatic carbocycles. The van der Waals surface area contributed by atoms with Crippen LogP contribution in [0, 0.1) is 17.8 Å². The second-order valence-electron chi connectivity index (χ2n) is 5.67. The van der Waals surface area contributed by atoms with Crippen molar-refractivity contribution in [2.75, 3.05) is 11.5 Å². The average molecular weight is 290 g/mol. The van der Waals surface area contributed by atoms with Crippen molar-refractivity contribution in [2.45, 2.75) is 52.4 Å². The maximum atomic E-state index is 11.5. The fourth-order valence-corrected chi connectivity index (χ4v) is 3.98. The molecule has 0 aliphatic heterocycles. The number of carbonyl (C=O) groups is 1. The van der Waals surface area contributed by atoms with E-state index < -0.39 is 15.8 Å². The molecule has 0 aromatic carbocycles. The van der Waals surface area contributed by atoms with E-state index in [0.717, 1.165) is 32.1 Å². The predicted molar refractivity (Wildman–Crippen MR) is 75.8 cm³/mol. The molecule has 1 aliphatic rings. The van der Waals surface area contributed by atoms with Gasteiger partial charge in [0, 0.05) is 5.75 Å². The molecule has 1 N–H and O–H groups in total. The summed E-state index contributed by atoms with van der Waals surface area (Å²) in [5, 5.41) is 9.25. The highest BCUT2D eigenvalue weighted by Gasteiger charge is 2.34. The zero-order valence-electron chi connectivity index (χ0n) is 12.0. The van der Waals surface area contributed by atoms with Crippen LogP contribution in [0.1, 0.15) is 52.4 Å². The number of aliphatic carboxylic acids is 1. The molecule has 0 heterocycles. The summed E-state index contributed by atoms with van der Waals surface area (Å²) in [6, 6.07) is 0. The Morgan fingerprint density at radius 1 is 1.26 bits per heavy atom. The Hall–Kier alpha value is -0.580. The number of rotatable bonds is 7. The summed E-state index contributed by atoms with van der Waals surface area (Å²) in [5.74, 6) is 0.164. The second kappa shape index (κ2) is 7.27. The Kier molecular flexibility index (Phi) is 6.30. The molecular weight excluding hydrogens is 264 g/mol. The summed E-state index contributed by atoms with van der Waals surface area (Å²) < 4.78 is 22.9. The minimum Gasteiger partial charge on any atom is -0.481 e. The molecule has 112 valence electrons. The highest BCUT2D eigenvalue weighted by Crippen LogP contribution is 2.38. The topological polar surface area (TPSA) is 71.4 Å². The Morgan fingerprint density at radius 2 is 1.95 bits per heavy atom. The summed E-state index contributed by atoms with van der Waals surface area (Å²) in [4.78, 5) is 11.3. The van der Waals surface area contributed by atoms with Gasteiger partial charge in [-0.2, -0.15) is 0 Å². The van der Waals surface area contributed by atoms with Crippen molar-refractivity contribution in [1.29, 1.82) is 0 Å². The number of carboxylic acids is 1. The van der Waals surface area contributed by atoms with E-state index in [2.05, 4.69) is 6.92 Å². The van der Waals surface area contributed by atoms with E-state index in [1.807, 2.05) is 0 Å². The monoisotopic (exact) mass is 290 g/mol. The van der Waals surface area contributed by atoms with Crippen LogP contribution >= 0.6 is 0 Å². The lowest BCUT2D eigenvalue weighted by Gasteiger charge is -2.33. The Morgan fingerprint density at radius 3 is 2.47 bits per heavy atom. The molecule has 4 nitrogen and oxygen atoms in total. The maximum absolute atomic E-state index is 11.5. The van der Waals surface area contributed by atoms with E-state index in [9.17, 15) is 18.3 Å². The molecule has 0 spiro atoms. The van der Waals surface area contributed by atoms with Crippen molar-refractivity contribution < 1.29 is 18.3 Å². The molecular formula is C14H26O4S. The summed E-state index contributed by atoms with van der Waals surface area (Å²) in [6.45, 7) is 3.80. The average Bonchev–Trinajstić information content (AvgIpc) is 2.38. The van der Waals surface area contributed by atoms with Gasteiger partial charge >= 0.3 is 5.97 Å². The lowest BCUT2D eigenvalue weighted by molar-refractivity contribution is -0.145. The fourth-order valence-electron chi connectivity index (χ4n) is 3.09. The zero-order valence-corrected chi connectivity index (χ0v) is 12.8. The summed E-state index contributed by atoms with van der Waals surface area (Å²) in [6.07, 6.45) is 5.11. The normalized spacial score (nSPS) is 28.2. The second-order valence-corrected chi connectivity index (χ2v) is 8.14. The predicted octanol–water partition coefficient (Wildman–Crippen LogP) is 2.73. The molecule has 0 bridgehead atoms. The molecule has 3 atom stereocenters. The van der Waals surface area contributed by atoms with Crippen LogP contribution in [0.25, 0.3) is 0 Å². The van der Waals surface area contributed by atoms with Crippen LogP contribution in [-0.4, -0.2) is 31.0 Å². The van der Waals surface area contributed by atoms with Gasteiger partial charge in [0.25, 0.3) is 0 Å². The molecule has 1 fully saturated rings. The van der Waals surface area contributed by atoms with Gasteiger partial charge in [0.1, 0.15) is 9.84 Å². The van der Waals surface area contributed by atoms with Gasteiger partial charge in [0.15, 0.2) is 0 Å². The van der Waals surface area contributed by atoms with Crippen LogP contribution in [0.3, 0.4) is 0 Å². The quantitative estimate of drug-likeness (QED) is 0.782. The Bertz CT molecular complexity index is 388. The summed E-state index contributed by atoms with van der Waals surface area (Å²) in [5.41, 5.74) is 0. The van der Waals surface area contributed by atoms with Crippen molar-refractivity contribution in [3.05, 3.63) is 0 Å². The smallest absolute Gasteiger partial charge is 0.306 e. The van der Waals surface area contributed by atoms with Gasteiger partial charge < -0.3 is 5.11 Å². The van der Waals surface area contributed by atoms with Crippen LogP contribution < -0.4 is 0 Å². The van der Waals surface area contributed by atoms with E-state index in [-0.39, 0.29) is 23.3 Å². The highest BCUT2D eigenvalue weighted by molar-refractivity contribution is 7.91. The molecule has 1 rings (SSSR count). The molecule has 5 heteroatoms. The first-order chi connectivity index (χ1) is 8.89. The van der Waals surface area contributed by atoms with E-state index in [1.54, 1.807) is 6.92 Å². The van der Waals surface area contributed by atoms with Gasteiger partial charge in [-0.3, -0.25) is 4.79 Å². The van der Waals surface area contributed by atoms with Crippen molar-refractivity contribution in [3.8, 4) is 0 Å². The molecule has 0 aromatic rings. The van der Waals surface area contributed by atoms with Gasteiger partial charge in [-0.1, -0.05) is 20.3 Å². The van der Waals surface area contributed by atoms with Crippen molar-refractivity contribution in [3.63, 3.8) is 0 Å². The summed E-state index contributed by atoms with van der Waals surface area (Å²) in [7, 11) is -2.92. The van der Waals surface area contributed by atoms with E-state index >= 15 is 0 Å². The Labute approximate surface area is 116 Å². The lowest BCUT2D eigenvalue weighted by atomic mass is 9.71. The van der Waals surface area contributed by atoms with Gasteiger partial charge in [-0.15, -0.1) is 0 Å². The molecule has 0 saturated heterocycles. The van der Waals surface area contributed by atoms with Gasteiger partial charge in [-0.25, -0.2) is 8.42 Å². The van der Waals surface area contributed by atoms with Crippen LogP contribution in [-0.2, 0) is 14.6 Å². The fraction of sp³-hybridized carbons (Fsp3) is 0.929. The largest absolute Gasteiger partial charge is 0.481 e. The van der Waals surface area contributed by atoms with Crippen molar-refractivity contribution in [1.82, 2.24) is 0 Å². The number of hydrogen-bond acceptors (Lipinski definition) is 3. The molecule has 0 amide bonds. The third-order valence-electron chi connectivity index (χ3n) is 4.46. The SMILES string of the molecule is CCC1CCC(C(=O)O)C(CCCS(=O)(=O)CC)C1. The standard InChI is InChI=1S/C14H26O4S/c1-3-11-7-8-13(14(15)16)12(10-11)6-5-9-19(17,18)4-2/h11-13H,3-10H2,1-2H3,(H,15,16). The first-order valence-corrected chi connectivity index (χ1v) is 9.15. The van der Waals surface area contributed by atoms with Crippen molar-refractivity contribution in [2.24, 2.45) is 17.8 Å². The van der Waals surface area contributed by atoms with E-state index in [4.69, 9.17) is 0 Å². The molecule has 3 unspecified atom stereocenters. The zero-order chi connectivity index (χ0) is 14.5. The van der Waals surface area contributed by atoms with Crippen LogP contribution in [0.5, 0.6) is 0 Å². The Balaban J connectivity index is 2.53. The van der Waals surface area contributed by atoms with E-state index in [0.29, 0.717) is 12.3 Å². The molecule has 1 saturated carbocycles. The third kappa shape index (κ3) is 5.13. The molecule has 0 aromatic heterocycles. The third-order valence-corrected chi connectivity index (χ3v) is 6.25. The van der Waals surface area contributed by atoms with Gasteiger partial charge in [0.2, 0.25) is 0 Å². The van der Waals surface area contributed by atoms with Crippen LogP contribution in [0.15, 0.2) is 0 Å². The number of hydrogen-bond donors (Lipinski definition) is 1.